The molecule has 0 fully saturated rings. The summed E-state index contributed by atoms with van der Waals surface area (Å²) in [5.74, 6) is -1.49. The average Bonchev–Trinajstić information content (AvgIpc) is 2.83. The van der Waals surface area contributed by atoms with Gasteiger partial charge < -0.3 is 24.7 Å². The molecule has 1 atom stereocenters. The highest BCUT2D eigenvalue weighted by molar-refractivity contribution is 5.95. The zero-order valence-electron chi connectivity index (χ0n) is 18.9. The molecule has 1 aromatic heterocycles. The second-order valence-corrected chi connectivity index (χ2v) is 7.34. The number of carbonyl (C=O) groups excluding carboxylic acids is 3. The molecule has 0 aliphatic carbocycles. The number of amides is 2. The molecule has 1 aliphatic heterocycles. The molecule has 0 saturated heterocycles. The van der Waals surface area contributed by atoms with Crippen molar-refractivity contribution >= 4 is 24.0 Å². The standard InChI is InChI=1S/C23H24N4O7/c1-4-33-21(30)18-16(24-22(31)25-19(18)14-8-6-5-7-9-14)13-34-17(28)11-10-15-12-26(2)23(32)27(3)20(15)29/h5-12,19H,4,13H2,1-3H3,(H2,24,25,31). The number of carbonyl (C=O) groups is 3. The van der Waals surface area contributed by atoms with Crippen molar-refractivity contribution < 1.29 is 23.9 Å². The van der Waals surface area contributed by atoms with Crippen LogP contribution >= 0.6 is 0 Å². The summed E-state index contributed by atoms with van der Waals surface area (Å²) in [4.78, 5) is 61.2. The zero-order valence-corrected chi connectivity index (χ0v) is 18.9. The van der Waals surface area contributed by atoms with E-state index < -0.39 is 41.9 Å². The highest BCUT2D eigenvalue weighted by Gasteiger charge is 2.34. The van der Waals surface area contributed by atoms with E-state index in [1.54, 1.807) is 37.3 Å². The Bertz CT molecular complexity index is 1290. The van der Waals surface area contributed by atoms with Gasteiger partial charge in [0.15, 0.2) is 0 Å². The van der Waals surface area contributed by atoms with Crippen LogP contribution in [0.15, 0.2) is 63.5 Å². The molecule has 1 aromatic carbocycles. The average molecular weight is 468 g/mol. The van der Waals surface area contributed by atoms with E-state index in [9.17, 15) is 24.0 Å². The smallest absolute Gasteiger partial charge is 0.338 e. The van der Waals surface area contributed by atoms with Crippen molar-refractivity contribution in [1.29, 1.82) is 0 Å². The van der Waals surface area contributed by atoms with Crippen LogP contribution in [0, 0.1) is 0 Å². The van der Waals surface area contributed by atoms with Gasteiger partial charge in [0, 0.05) is 26.4 Å². The molecule has 2 heterocycles. The lowest BCUT2D eigenvalue weighted by Crippen LogP contribution is -2.47. The highest BCUT2D eigenvalue weighted by atomic mass is 16.5. The van der Waals surface area contributed by atoms with Gasteiger partial charge in [-0.1, -0.05) is 30.3 Å². The minimum atomic E-state index is -0.823. The summed E-state index contributed by atoms with van der Waals surface area (Å²) in [5, 5.41) is 5.18. The Balaban J connectivity index is 1.85. The van der Waals surface area contributed by atoms with Gasteiger partial charge in [0.25, 0.3) is 5.56 Å². The molecular weight excluding hydrogens is 444 g/mol. The molecule has 2 aromatic rings. The van der Waals surface area contributed by atoms with Crippen LogP contribution in [0.1, 0.15) is 24.1 Å². The van der Waals surface area contributed by atoms with Gasteiger partial charge in [-0.25, -0.2) is 19.2 Å². The lowest BCUT2D eigenvalue weighted by Gasteiger charge is -2.29. The van der Waals surface area contributed by atoms with Crippen LogP contribution in [0.3, 0.4) is 0 Å². The number of nitrogens with one attached hydrogen (secondary N) is 2. The SMILES string of the molecule is CCOC(=O)C1=C(COC(=O)C=Cc2cn(C)c(=O)n(C)c2=O)NC(=O)NC1c1ccccc1. The van der Waals surface area contributed by atoms with E-state index in [-0.39, 0.29) is 23.4 Å². The second-order valence-electron chi connectivity index (χ2n) is 7.34. The molecule has 0 bridgehead atoms. The monoisotopic (exact) mass is 468 g/mol. The Kier molecular flexibility index (Phi) is 7.46. The zero-order chi connectivity index (χ0) is 24.8. The predicted molar refractivity (Wildman–Crippen MR) is 121 cm³/mol. The third-order valence-electron chi connectivity index (χ3n) is 5.01. The van der Waals surface area contributed by atoms with Gasteiger partial charge in [-0.15, -0.1) is 0 Å². The van der Waals surface area contributed by atoms with Crippen molar-refractivity contribution in [3.63, 3.8) is 0 Å². The van der Waals surface area contributed by atoms with Crippen LogP contribution in [0.5, 0.6) is 0 Å². The van der Waals surface area contributed by atoms with E-state index in [1.165, 1.54) is 30.9 Å². The summed E-state index contributed by atoms with van der Waals surface area (Å²) in [6.45, 7) is 1.35. The van der Waals surface area contributed by atoms with Crippen LogP contribution < -0.4 is 21.9 Å². The van der Waals surface area contributed by atoms with Crippen molar-refractivity contribution in [2.24, 2.45) is 14.1 Å². The Hall–Kier alpha value is -4.41. The summed E-state index contributed by atoms with van der Waals surface area (Å²) in [7, 11) is 2.80. The maximum Gasteiger partial charge on any atom is 0.338 e. The lowest BCUT2D eigenvalue weighted by atomic mass is 9.95. The third-order valence-corrected chi connectivity index (χ3v) is 5.01. The molecule has 34 heavy (non-hydrogen) atoms. The number of urea groups is 1. The molecule has 3 rings (SSSR count). The van der Waals surface area contributed by atoms with Gasteiger partial charge in [-0.05, 0) is 18.6 Å². The van der Waals surface area contributed by atoms with E-state index >= 15 is 0 Å². The Morgan fingerprint density at radius 3 is 2.47 bits per heavy atom. The van der Waals surface area contributed by atoms with E-state index in [2.05, 4.69) is 10.6 Å². The number of aromatic nitrogens is 2. The van der Waals surface area contributed by atoms with Crippen LogP contribution in [-0.4, -0.2) is 40.3 Å². The van der Waals surface area contributed by atoms with Gasteiger partial charge >= 0.3 is 23.7 Å². The summed E-state index contributed by atoms with van der Waals surface area (Å²) >= 11 is 0. The largest absolute Gasteiger partial charge is 0.463 e. The van der Waals surface area contributed by atoms with E-state index in [4.69, 9.17) is 9.47 Å². The van der Waals surface area contributed by atoms with E-state index in [0.717, 1.165) is 10.6 Å². The summed E-state index contributed by atoms with van der Waals surface area (Å²) in [6.07, 6.45) is 3.54. The van der Waals surface area contributed by atoms with Crippen LogP contribution in [0.2, 0.25) is 0 Å². The molecule has 2 amide bonds. The van der Waals surface area contributed by atoms with Crippen LogP contribution in [-0.2, 0) is 33.2 Å². The first kappa shape index (κ1) is 24.2. The molecule has 11 nitrogen and oxygen atoms in total. The second kappa shape index (κ2) is 10.5. The van der Waals surface area contributed by atoms with Crippen LogP contribution in [0.25, 0.3) is 6.08 Å². The third kappa shape index (κ3) is 5.31. The first-order valence-corrected chi connectivity index (χ1v) is 10.4. The Morgan fingerprint density at radius 1 is 1.09 bits per heavy atom. The van der Waals surface area contributed by atoms with Crippen molar-refractivity contribution in [3.8, 4) is 0 Å². The van der Waals surface area contributed by atoms with Gasteiger partial charge in [0.1, 0.15) is 6.61 Å². The number of ether oxygens (including phenoxy) is 2. The van der Waals surface area contributed by atoms with Crippen LogP contribution in [0.4, 0.5) is 4.79 Å². The molecule has 0 saturated carbocycles. The van der Waals surface area contributed by atoms with E-state index in [1.807, 2.05) is 0 Å². The summed E-state index contributed by atoms with van der Waals surface area (Å²) < 4.78 is 12.5. The fourth-order valence-corrected chi connectivity index (χ4v) is 3.38. The molecular formula is C23H24N4O7. The Morgan fingerprint density at radius 2 is 1.79 bits per heavy atom. The molecule has 0 radical (unpaired) electrons. The summed E-state index contributed by atoms with van der Waals surface area (Å²) in [5.41, 5.74) is -0.136. The number of nitrogens with zero attached hydrogens (tertiary/aromatic N) is 2. The number of esters is 2. The minimum Gasteiger partial charge on any atom is -0.463 e. The van der Waals surface area contributed by atoms with E-state index in [0.29, 0.717) is 5.56 Å². The highest BCUT2D eigenvalue weighted by Crippen LogP contribution is 2.27. The fraction of sp³-hybridized carbons (Fsp3) is 0.261. The number of benzene rings is 1. The number of aryl methyl sites for hydroxylation is 1. The van der Waals surface area contributed by atoms with Crippen molar-refractivity contribution in [3.05, 3.63) is 85.8 Å². The number of hydrogen-bond donors (Lipinski definition) is 2. The molecule has 2 N–H and O–H groups in total. The van der Waals surface area contributed by atoms with Gasteiger partial charge in [0.2, 0.25) is 0 Å². The maximum atomic E-state index is 12.7. The molecule has 178 valence electrons. The molecule has 0 spiro atoms. The summed E-state index contributed by atoms with van der Waals surface area (Å²) in [6, 6.07) is 7.45. The molecule has 1 aliphatic rings. The van der Waals surface area contributed by atoms with Crippen molar-refractivity contribution in [1.82, 2.24) is 19.8 Å². The predicted octanol–water partition coefficient (Wildman–Crippen LogP) is 0.512. The first-order chi connectivity index (χ1) is 16.2. The van der Waals surface area contributed by atoms with Gasteiger partial charge in [-0.2, -0.15) is 0 Å². The first-order valence-electron chi connectivity index (χ1n) is 10.4. The molecule has 1 unspecified atom stereocenters. The van der Waals surface area contributed by atoms with Gasteiger partial charge in [0.05, 0.1) is 29.5 Å². The van der Waals surface area contributed by atoms with Gasteiger partial charge in [-0.3, -0.25) is 9.36 Å². The minimum absolute atomic E-state index is 0.0795. The lowest BCUT2D eigenvalue weighted by molar-refractivity contribution is -0.140. The molecule has 11 heteroatoms. The maximum absolute atomic E-state index is 12.7. The Labute approximate surface area is 194 Å². The number of rotatable bonds is 7. The quantitative estimate of drug-likeness (QED) is 0.446. The number of hydrogen-bond acceptors (Lipinski definition) is 7. The van der Waals surface area contributed by atoms with Crippen molar-refractivity contribution in [2.45, 2.75) is 13.0 Å². The fourth-order valence-electron chi connectivity index (χ4n) is 3.38. The van der Waals surface area contributed by atoms with Crippen molar-refractivity contribution in [2.75, 3.05) is 13.2 Å². The normalized spacial score (nSPS) is 15.6. The topological polar surface area (TPSA) is 138 Å².